The summed E-state index contributed by atoms with van der Waals surface area (Å²) in [4.78, 5) is 0. The van der Waals surface area contributed by atoms with Crippen molar-refractivity contribution in [1.82, 2.24) is 0 Å². The van der Waals surface area contributed by atoms with Gasteiger partial charge in [-0.05, 0) is 5.41 Å². The second-order valence-electron chi connectivity index (χ2n) is 3.49. The molecule has 1 heterocycles. The van der Waals surface area contributed by atoms with E-state index in [9.17, 15) is 8.42 Å². The van der Waals surface area contributed by atoms with Crippen molar-refractivity contribution >= 4 is 9.84 Å². The molecule has 0 aromatic carbocycles. The molecule has 0 amide bonds. The Labute approximate surface area is 104 Å². The molecule has 13 heavy (non-hydrogen) atoms. The minimum Gasteiger partial charge on any atom is -0.662 e. The Balaban J connectivity index is 0.00000144. The molecule has 0 aromatic heterocycles. The molecule has 1 aliphatic rings. The first kappa shape index (κ1) is 13.7. The van der Waals surface area contributed by atoms with Gasteiger partial charge in [-0.1, -0.05) is 12.5 Å². The first-order valence-corrected chi connectivity index (χ1v) is 5.98. The number of sulfone groups is 1. The first-order valence-electron chi connectivity index (χ1n) is 3.92. The summed E-state index contributed by atoms with van der Waals surface area (Å²) in [6.45, 7) is 5.05. The Kier molecular flexibility index (Phi) is 5.24. The number of rotatable bonds is 3. The average Bonchev–Trinajstić information content (AvgIpc) is 2.34. The number of hydrogen-bond acceptors (Lipinski definition) is 2. The molecule has 1 saturated heterocycles. The van der Waals surface area contributed by atoms with Gasteiger partial charge in [-0.25, -0.2) is 8.42 Å². The van der Waals surface area contributed by atoms with Gasteiger partial charge in [0.1, 0.15) is 9.84 Å². The molecule has 0 bridgehead atoms. The van der Waals surface area contributed by atoms with Gasteiger partial charge in [0, 0.05) is 37.4 Å². The summed E-state index contributed by atoms with van der Waals surface area (Å²) in [5.74, 6) is 0.188. The quantitative estimate of drug-likeness (QED) is 0.632. The molecule has 0 radical (unpaired) electrons. The molecule has 3 nitrogen and oxygen atoms in total. The predicted octanol–water partition coefficient (Wildman–Crippen LogP) is 0.981. The molecular weight excluding hydrogens is 412 g/mol. The molecule has 5 heteroatoms. The van der Waals surface area contributed by atoms with Gasteiger partial charge in [0.05, 0.1) is 5.75 Å². The maximum absolute atomic E-state index is 11.1. The van der Waals surface area contributed by atoms with Crippen molar-refractivity contribution < 1.29 is 39.5 Å². The first-order chi connectivity index (χ1) is 5.47. The van der Waals surface area contributed by atoms with Crippen LogP contribution in [-0.2, 0) is 9.84 Å². The van der Waals surface area contributed by atoms with Crippen LogP contribution in [-0.4, -0.2) is 33.5 Å². The van der Waals surface area contributed by atoms with E-state index >= 15 is 0 Å². The van der Waals surface area contributed by atoms with Crippen molar-refractivity contribution in [2.45, 2.75) is 6.42 Å². The Hall–Kier alpha value is 0.702. The van der Waals surface area contributed by atoms with E-state index in [-0.39, 0.29) is 42.3 Å². The summed E-state index contributed by atoms with van der Waals surface area (Å²) in [6.07, 6.45) is 3.82. The van der Waals surface area contributed by atoms with Gasteiger partial charge in [-0.2, -0.15) is 0 Å². The second-order valence-corrected chi connectivity index (χ2v) is 5.63. The van der Waals surface area contributed by atoms with Crippen LogP contribution in [0, 0.1) is 36.5 Å². The molecule has 74 valence electrons. The van der Waals surface area contributed by atoms with Gasteiger partial charge in [0.25, 0.3) is 0 Å². The van der Waals surface area contributed by atoms with Crippen molar-refractivity contribution in [2.24, 2.45) is 5.41 Å². The topological polar surface area (TPSA) is 48.2 Å². The molecule has 0 saturated carbocycles. The summed E-state index contributed by atoms with van der Waals surface area (Å²) < 4.78 is 22.1. The van der Waals surface area contributed by atoms with E-state index in [1.54, 1.807) is 6.08 Å². The van der Waals surface area contributed by atoms with Crippen LogP contribution in [0.2, 0.25) is 0 Å². The molecule has 0 aromatic rings. The minimum atomic E-state index is -2.91. The van der Waals surface area contributed by atoms with E-state index in [2.05, 4.69) is 11.9 Å². The van der Waals surface area contributed by atoms with Crippen molar-refractivity contribution in [3.63, 3.8) is 0 Å². The molecule has 0 aliphatic carbocycles. The fourth-order valence-electron chi connectivity index (χ4n) is 1.55. The third-order valence-electron chi connectivity index (χ3n) is 2.18. The van der Waals surface area contributed by atoms with Gasteiger partial charge in [0.2, 0.25) is 0 Å². The maximum Gasteiger partial charge on any atom is 0.148 e. The number of hydrogen-bond donors (Lipinski definition) is 0. The normalized spacial score (nSPS) is 28.1. The summed E-state index contributed by atoms with van der Waals surface area (Å²) in [5.41, 5.74) is -0.270. The van der Waals surface area contributed by atoms with Crippen LogP contribution < -0.4 is 0 Å². The number of nitrogens with zero attached hydrogens (tertiary/aromatic N) is 1. The van der Waals surface area contributed by atoms with E-state index in [1.807, 2.05) is 0 Å². The molecule has 1 aliphatic heterocycles. The fraction of sp³-hybridized carbons (Fsp3) is 0.750. The van der Waals surface area contributed by atoms with E-state index in [4.69, 9.17) is 0 Å². The Morgan fingerprint density at radius 1 is 1.62 bits per heavy atom. The maximum atomic E-state index is 11.1. The predicted molar refractivity (Wildman–Crippen MR) is 50.1 cm³/mol. The van der Waals surface area contributed by atoms with Crippen molar-refractivity contribution in [3.05, 3.63) is 18.0 Å². The van der Waals surface area contributed by atoms with Gasteiger partial charge in [-0.15, -0.1) is 19.7 Å². The smallest absolute Gasteiger partial charge is 0.148 e. The van der Waals surface area contributed by atoms with Crippen molar-refractivity contribution in [2.75, 3.05) is 25.1 Å². The van der Waals surface area contributed by atoms with Gasteiger partial charge >= 0.3 is 0 Å². The van der Waals surface area contributed by atoms with E-state index < -0.39 is 9.84 Å². The monoisotopic (exact) mass is 426 g/mol. The molecule has 0 N–H and O–H groups in total. The zero-order valence-corrected chi connectivity index (χ0v) is 12.8. The average molecular weight is 426 g/mol. The van der Waals surface area contributed by atoms with Crippen LogP contribution in [0.1, 0.15) is 6.42 Å². The van der Waals surface area contributed by atoms with Crippen LogP contribution in [0.3, 0.4) is 0 Å². The summed E-state index contributed by atoms with van der Waals surface area (Å²) in [6, 6.07) is 0. The summed E-state index contributed by atoms with van der Waals surface area (Å²) >= 11 is 0. The zero-order chi connectivity index (χ0) is 9.24. The molecular formula is C8H14NO2SU-. The van der Waals surface area contributed by atoms with Crippen molar-refractivity contribution in [1.29, 1.82) is 0 Å². The van der Waals surface area contributed by atoms with Gasteiger partial charge in [-0.3, -0.25) is 0 Å². The largest absolute Gasteiger partial charge is 0.662 e. The van der Waals surface area contributed by atoms with E-state index in [0.29, 0.717) is 6.54 Å². The van der Waals surface area contributed by atoms with Crippen LogP contribution in [0.15, 0.2) is 12.7 Å². The fourth-order valence-corrected chi connectivity index (χ4v) is 2.95. The standard InChI is InChI=1S/C8H14NO2S.U/c1-3-8(4-5-9-6-8)7-12(2,10)11;/h3H,1,4-7H2,2H3;/q-1;. The van der Waals surface area contributed by atoms with E-state index in [0.717, 1.165) is 13.0 Å². The Morgan fingerprint density at radius 2 is 2.23 bits per heavy atom. The third-order valence-corrected chi connectivity index (χ3v) is 3.28. The van der Waals surface area contributed by atoms with Crippen molar-refractivity contribution in [3.8, 4) is 0 Å². The molecule has 0 spiro atoms. The van der Waals surface area contributed by atoms with Crippen LogP contribution >= 0.6 is 0 Å². The van der Waals surface area contributed by atoms with Crippen LogP contribution in [0.4, 0.5) is 0 Å². The molecule has 1 rings (SSSR count). The summed E-state index contributed by atoms with van der Waals surface area (Å²) in [5, 5.41) is 4.16. The molecule has 1 fully saturated rings. The molecule has 1 atom stereocenters. The van der Waals surface area contributed by atoms with Gasteiger partial charge < -0.3 is 5.32 Å². The third kappa shape index (κ3) is 4.16. The van der Waals surface area contributed by atoms with Crippen LogP contribution in [0.5, 0.6) is 0 Å². The summed E-state index contributed by atoms with van der Waals surface area (Å²) in [7, 11) is -2.91. The van der Waals surface area contributed by atoms with Gasteiger partial charge in [0.15, 0.2) is 0 Å². The zero-order valence-electron chi connectivity index (χ0n) is 7.78. The van der Waals surface area contributed by atoms with Crippen LogP contribution in [0.25, 0.3) is 5.32 Å². The Morgan fingerprint density at radius 3 is 2.54 bits per heavy atom. The minimum absolute atomic E-state index is 0. The Bertz CT molecular complexity index is 268. The second kappa shape index (κ2) is 4.97. The van der Waals surface area contributed by atoms with E-state index in [1.165, 1.54) is 6.26 Å². The molecule has 1 unspecified atom stereocenters. The SMILES string of the molecule is C=CC1(CS(C)(=O)=O)CC[N-]C1.[U].